The van der Waals surface area contributed by atoms with E-state index in [2.05, 4.69) is 47.8 Å². The van der Waals surface area contributed by atoms with Gasteiger partial charge < -0.3 is 10.4 Å². The third kappa shape index (κ3) is 3.83. The van der Waals surface area contributed by atoms with Gasteiger partial charge in [0.25, 0.3) is 0 Å². The molecule has 0 spiro atoms. The standard InChI is InChI=1S/C16H21NO/c1-16(2,18)12-17-10-9-13-7-8-14-5-3-4-6-15(14)11-13/h3-8,11,17-18H,9-10,12H2,1-2H3. The van der Waals surface area contributed by atoms with Crippen LogP contribution >= 0.6 is 0 Å². The highest BCUT2D eigenvalue weighted by Crippen LogP contribution is 2.15. The zero-order chi connectivity index (χ0) is 13.0. The molecule has 2 aromatic carbocycles. The molecule has 0 aliphatic rings. The van der Waals surface area contributed by atoms with E-state index < -0.39 is 5.60 Å². The van der Waals surface area contributed by atoms with E-state index in [4.69, 9.17) is 0 Å². The highest BCUT2D eigenvalue weighted by molar-refractivity contribution is 5.82. The van der Waals surface area contributed by atoms with Crippen LogP contribution in [0.1, 0.15) is 19.4 Å². The summed E-state index contributed by atoms with van der Waals surface area (Å²) in [7, 11) is 0. The molecule has 2 aromatic rings. The molecule has 18 heavy (non-hydrogen) atoms. The van der Waals surface area contributed by atoms with Crippen LogP contribution in [0.3, 0.4) is 0 Å². The second kappa shape index (κ2) is 5.51. The molecule has 0 amide bonds. The Kier molecular flexibility index (Phi) is 4.00. The van der Waals surface area contributed by atoms with Crippen LogP contribution < -0.4 is 5.32 Å². The van der Waals surface area contributed by atoms with Crippen molar-refractivity contribution in [1.82, 2.24) is 5.32 Å². The van der Waals surface area contributed by atoms with E-state index in [1.807, 2.05) is 13.8 Å². The van der Waals surface area contributed by atoms with E-state index in [9.17, 15) is 5.11 Å². The molecule has 0 heterocycles. The van der Waals surface area contributed by atoms with Gasteiger partial charge in [0.15, 0.2) is 0 Å². The van der Waals surface area contributed by atoms with E-state index in [1.165, 1.54) is 16.3 Å². The van der Waals surface area contributed by atoms with Crippen molar-refractivity contribution in [3.63, 3.8) is 0 Å². The summed E-state index contributed by atoms with van der Waals surface area (Å²) in [6, 6.07) is 15.0. The zero-order valence-electron chi connectivity index (χ0n) is 11.1. The first-order valence-corrected chi connectivity index (χ1v) is 6.45. The molecule has 2 N–H and O–H groups in total. The fraction of sp³-hybridized carbons (Fsp3) is 0.375. The van der Waals surface area contributed by atoms with Crippen molar-refractivity contribution in [3.05, 3.63) is 48.0 Å². The van der Waals surface area contributed by atoms with Crippen LogP contribution in [-0.2, 0) is 6.42 Å². The summed E-state index contributed by atoms with van der Waals surface area (Å²) < 4.78 is 0. The summed E-state index contributed by atoms with van der Waals surface area (Å²) in [6.45, 7) is 5.15. The van der Waals surface area contributed by atoms with Gasteiger partial charge in [-0.2, -0.15) is 0 Å². The Morgan fingerprint density at radius 1 is 1.06 bits per heavy atom. The van der Waals surface area contributed by atoms with E-state index in [-0.39, 0.29) is 0 Å². The minimum Gasteiger partial charge on any atom is -0.389 e. The number of hydrogen-bond donors (Lipinski definition) is 2. The first-order chi connectivity index (χ1) is 8.54. The Morgan fingerprint density at radius 3 is 2.50 bits per heavy atom. The summed E-state index contributed by atoms with van der Waals surface area (Å²) in [4.78, 5) is 0. The predicted octanol–water partition coefficient (Wildman–Crippen LogP) is 2.74. The number of hydrogen-bond acceptors (Lipinski definition) is 2. The second-order valence-electron chi connectivity index (χ2n) is 5.42. The molecule has 0 radical (unpaired) electrons. The van der Waals surface area contributed by atoms with E-state index in [0.717, 1.165) is 13.0 Å². The first kappa shape index (κ1) is 13.1. The van der Waals surface area contributed by atoms with Crippen molar-refractivity contribution in [3.8, 4) is 0 Å². The molecule has 2 nitrogen and oxygen atoms in total. The molecule has 0 bridgehead atoms. The lowest BCUT2D eigenvalue weighted by molar-refractivity contribution is 0.0801. The number of rotatable bonds is 5. The summed E-state index contributed by atoms with van der Waals surface area (Å²) in [5, 5.41) is 15.4. The van der Waals surface area contributed by atoms with Crippen molar-refractivity contribution in [2.24, 2.45) is 0 Å². The molecule has 2 rings (SSSR count). The molecule has 0 saturated carbocycles. The maximum absolute atomic E-state index is 9.59. The number of aliphatic hydroxyl groups is 1. The SMILES string of the molecule is CC(C)(O)CNCCc1ccc2ccccc2c1. The predicted molar refractivity (Wildman–Crippen MR) is 76.8 cm³/mol. The van der Waals surface area contributed by atoms with Gasteiger partial charge in [-0.3, -0.25) is 0 Å². The number of benzene rings is 2. The Balaban J connectivity index is 1.92. The maximum Gasteiger partial charge on any atom is 0.0715 e. The van der Waals surface area contributed by atoms with Crippen LogP contribution in [-0.4, -0.2) is 23.8 Å². The van der Waals surface area contributed by atoms with Crippen LogP contribution in [0.4, 0.5) is 0 Å². The molecule has 0 atom stereocenters. The average Bonchev–Trinajstić information content (AvgIpc) is 2.33. The van der Waals surface area contributed by atoms with Crippen molar-refractivity contribution in [2.75, 3.05) is 13.1 Å². The molecule has 0 aliphatic heterocycles. The fourth-order valence-corrected chi connectivity index (χ4v) is 2.02. The van der Waals surface area contributed by atoms with E-state index >= 15 is 0 Å². The van der Waals surface area contributed by atoms with Gasteiger partial charge in [-0.25, -0.2) is 0 Å². The Morgan fingerprint density at radius 2 is 1.78 bits per heavy atom. The van der Waals surface area contributed by atoms with Crippen LogP contribution in [0.15, 0.2) is 42.5 Å². The Labute approximate surface area is 109 Å². The summed E-state index contributed by atoms with van der Waals surface area (Å²) >= 11 is 0. The third-order valence-corrected chi connectivity index (χ3v) is 2.96. The van der Waals surface area contributed by atoms with Gasteiger partial charge >= 0.3 is 0 Å². The lowest BCUT2D eigenvalue weighted by atomic mass is 10.0. The van der Waals surface area contributed by atoms with Gasteiger partial charge in [-0.15, -0.1) is 0 Å². The number of nitrogens with one attached hydrogen (secondary N) is 1. The minimum absolute atomic E-state index is 0.626. The first-order valence-electron chi connectivity index (χ1n) is 6.45. The maximum atomic E-state index is 9.59. The van der Waals surface area contributed by atoms with Crippen molar-refractivity contribution in [1.29, 1.82) is 0 Å². The normalized spacial score (nSPS) is 11.9. The molecule has 0 fully saturated rings. The molecule has 2 heteroatoms. The quantitative estimate of drug-likeness (QED) is 0.791. The fourth-order valence-electron chi connectivity index (χ4n) is 2.02. The summed E-state index contributed by atoms with van der Waals surface area (Å²) in [6.07, 6.45) is 0.987. The molecule has 0 aromatic heterocycles. The highest BCUT2D eigenvalue weighted by Gasteiger charge is 2.10. The largest absolute Gasteiger partial charge is 0.389 e. The monoisotopic (exact) mass is 243 g/mol. The Hall–Kier alpha value is -1.38. The highest BCUT2D eigenvalue weighted by atomic mass is 16.3. The second-order valence-corrected chi connectivity index (χ2v) is 5.42. The van der Waals surface area contributed by atoms with Gasteiger partial charge in [0.1, 0.15) is 0 Å². The number of fused-ring (bicyclic) bond motifs is 1. The van der Waals surface area contributed by atoms with Gasteiger partial charge in [0, 0.05) is 6.54 Å². The van der Waals surface area contributed by atoms with Crippen LogP contribution in [0.25, 0.3) is 10.8 Å². The third-order valence-electron chi connectivity index (χ3n) is 2.96. The topological polar surface area (TPSA) is 32.3 Å². The van der Waals surface area contributed by atoms with Gasteiger partial charge in [0.05, 0.1) is 5.60 Å². The molecule has 0 aliphatic carbocycles. The molecule has 96 valence electrons. The lowest BCUT2D eigenvalue weighted by Crippen LogP contribution is -2.35. The van der Waals surface area contributed by atoms with Gasteiger partial charge in [-0.1, -0.05) is 42.5 Å². The molecule has 0 saturated heterocycles. The van der Waals surface area contributed by atoms with E-state index in [0.29, 0.717) is 6.54 Å². The minimum atomic E-state index is -0.636. The zero-order valence-corrected chi connectivity index (χ0v) is 11.1. The molecular formula is C16H21NO. The van der Waals surface area contributed by atoms with Gasteiger partial charge in [0.2, 0.25) is 0 Å². The lowest BCUT2D eigenvalue weighted by Gasteiger charge is -2.17. The van der Waals surface area contributed by atoms with Crippen LogP contribution in [0.2, 0.25) is 0 Å². The average molecular weight is 243 g/mol. The molecule has 0 unspecified atom stereocenters. The smallest absolute Gasteiger partial charge is 0.0715 e. The van der Waals surface area contributed by atoms with Gasteiger partial charge in [-0.05, 0) is 43.1 Å². The van der Waals surface area contributed by atoms with Crippen LogP contribution in [0.5, 0.6) is 0 Å². The van der Waals surface area contributed by atoms with Crippen molar-refractivity contribution in [2.45, 2.75) is 25.9 Å². The van der Waals surface area contributed by atoms with E-state index in [1.54, 1.807) is 0 Å². The summed E-state index contributed by atoms with van der Waals surface area (Å²) in [5.74, 6) is 0. The summed E-state index contributed by atoms with van der Waals surface area (Å²) in [5.41, 5.74) is 0.695. The Bertz CT molecular complexity index is 514. The molecular weight excluding hydrogens is 222 g/mol. The van der Waals surface area contributed by atoms with Crippen LogP contribution in [0, 0.1) is 0 Å². The van der Waals surface area contributed by atoms with Crippen molar-refractivity contribution >= 4 is 10.8 Å². The van der Waals surface area contributed by atoms with Crippen molar-refractivity contribution < 1.29 is 5.11 Å².